The van der Waals surface area contributed by atoms with Gasteiger partial charge in [-0.3, -0.25) is 9.48 Å². The molecule has 0 bridgehead atoms. The van der Waals surface area contributed by atoms with Crippen LogP contribution in [0, 0.1) is 5.92 Å². The van der Waals surface area contributed by atoms with E-state index in [1.165, 1.54) is 18.2 Å². The highest BCUT2D eigenvalue weighted by Crippen LogP contribution is 2.40. The van der Waals surface area contributed by atoms with Crippen LogP contribution in [0.1, 0.15) is 35.3 Å². The summed E-state index contributed by atoms with van der Waals surface area (Å²) in [5.41, 5.74) is -1.15. The minimum absolute atomic E-state index is 0.0664. The zero-order valence-corrected chi connectivity index (χ0v) is 18.3. The SMILES string of the molecule is NS(=O)(=O)c1cccc(NC(=O)c2c3ccc(C(F)(F)F)cc3nn2CC2CCC(F)(F)C2)c1. The standard InChI is InChI=1S/C21H19F5N4O3S/c22-20(23)7-6-12(10-20)11-30-18(16-5-4-13(21(24,25)26)8-17(16)29-30)19(31)28-14-2-1-3-15(9-14)34(27,32)33/h1-5,8-9,12H,6-7,10-11H2,(H,28,31)(H2,27,32,33). The molecule has 1 atom stereocenters. The summed E-state index contributed by atoms with van der Waals surface area (Å²) in [7, 11) is -4.05. The summed E-state index contributed by atoms with van der Waals surface area (Å²) in [6.45, 7) is -0.0917. The molecule has 1 unspecified atom stereocenters. The summed E-state index contributed by atoms with van der Waals surface area (Å²) >= 11 is 0. The van der Waals surface area contributed by atoms with Gasteiger partial charge < -0.3 is 5.32 Å². The Hall–Kier alpha value is -3.06. The van der Waals surface area contributed by atoms with Crippen molar-refractivity contribution in [3.05, 3.63) is 53.7 Å². The van der Waals surface area contributed by atoms with Crippen LogP contribution >= 0.6 is 0 Å². The third-order valence-electron chi connectivity index (χ3n) is 5.64. The Labute approximate surface area is 190 Å². The fraction of sp³-hybridized carbons (Fsp3) is 0.333. The number of fused-ring (bicyclic) bond motifs is 1. The molecule has 1 heterocycles. The van der Waals surface area contributed by atoms with E-state index in [-0.39, 0.29) is 46.6 Å². The lowest BCUT2D eigenvalue weighted by atomic mass is 10.1. The summed E-state index contributed by atoms with van der Waals surface area (Å²) in [4.78, 5) is 12.9. The van der Waals surface area contributed by atoms with Crippen molar-refractivity contribution in [3.63, 3.8) is 0 Å². The molecule has 3 aromatic rings. The first-order valence-corrected chi connectivity index (χ1v) is 11.7. The van der Waals surface area contributed by atoms with Gasteiger partial charge in [0, 0.05) is 30.5 Å². The van der Waals surface area contributed by atoms with E-state index < -0.39 is 45.9 Å². The number of anilines is 1. The maximum Gasteiger partial charge on any atom is 0.416 e. The minimum Gasteiger partial charge on any atom is -0.321 e. The molecule has 0 spiro atoms. The number of carbonyl (C=O) groups excluding carboxylic acids is 1. The van der Waals surface area contributed by atoms with Gasteiger partial charge in [0.05, 0.1) is 16.0 Å². The van der Waals surface area contributed by atoms with Gasteiger partial charge in [0.15, 0.2) is 0 Å². The molecule has 1 aliphatic carbocycles. The first-order valence-electron chi connectivity index (χ1n) is 10.1. The Balaban J connectivity index is 1.73. The van der Waals surface area contributed by atoms with Crippen LogP contribution in [0.4, 0.5) is 27.6 Å². The molecule has 0 aliphatic heterocycles. The molecule has 1 aromatic heterocycles. The number of sulfonamides is 1. The van der Waals surface area contributed by atoms with E-state index in [4.69, 9.17) is 5.14 Å². The number of rotatable bonds is 5. The van der Waals surface area contributed by atoms with E-state index in [1.54, 1.807) is 0 Å². The van der Waals surface area contributed by atoms with Crippen molar-refractivity contribution in [1.82, 2.24) is 9.78 Å². The molecule has 3 N–H and O–H groups in total. The van der Waals surface area contributed by atoms with Crippen LogP contribution in [0.5, 0.6) is 0 Å². The number of amides is 1. The Morgan fingerprint density at radius 2 is 1.94 bits per heavy atom. The van der Waals surface area contributed by atoms with Crippen molar-refractivity contribution >= 4 is 32.5 Å². The average Bonchev–Trinajstić information content (AvgIpc) is 3.25. The Morgan fingerprint density at radius 3 is 2.56 bits per heavy atom. The van der Waals surface area contributed by atoms with E-state index in [2.05, 4.69) is 10.4 Å². The lowest BCUT2D eigenvalue weighted by Gasteiger charge is -2.14. The number of halogens is 5. The zero-order valence-electron chi connectivity index (χ0n) is 17.4. The van der Waals surface area contributed by atoms with Gasteiger partial charge in [0.1, 0.15) is 5.69 Å². The van der Waals surface area contributed by atoms with Crippen LogP contribution in [0.25, 0.3) is 10.9 Å². The van der Waals surface area contributed by atoms with Gasteiger partial charge in [-0.1, -0.05) is 6.07 Å². The molecular weight excluding hydrogens is 483 g/mol. The third-order valence-corrected chi connectivity index (χ3v) is 6.55. The van der Waals surface area contributed by atoms with Crippen molar-refractivity contribution in [3.8, 4) is 0 Å². The second-order valence-electron chi connectivity index (χ2n) is 8.25. The number of hydrogen-bond acceptors (Lipinski definition) is 4. The summed E-state index contributed by atoms with van der Waals surface area (Å²) in [5, 5.41) is 11.8. The second-order valence-corrected chi connectivity index (χ2v) is 9.81. The molecule has 2 aromatic carbocycles. The number of alkyl halides is 5. The highest BCUT2D eigenvalue weighted by atomic mass is 32.2. The van der Waals surface area contributed by atoms with E-state index in [9.17, 15) is 35.2 Å². The van der Waals surface area contributed by atoms with Gasteiger partial charge in [-0.05, 0) is 48.7 Å². The van der Waals surface area contributed by atoms with Crippen molar-refractivity contribution < 1.29 is 35.2 Å². The van der Waals surface area contributed by atoms with Gasteiger partial charge in [0.2, 0.25) is 15.9 Å². The molecule has 0 radical (unpaired) electrons. The van der Waals surface area contributed by atoms with Crippen molar-refractivity contribution in [1.29, 1.82) is 0 Å². The van der Waals surface area contributed by atoms with E-state index in [0.29, 0.717) is 0 Å². The molecule has 1 fully saturated rings. The average molecular weight is 502 g/mol. The van der Waals surface area contributed by atoms with Crippen LogP contribution in [0.3, 0.4) is 0 Å². The van der Waals surface area contributed by atoms with Crippen LogP contribution in [-0.2, 0) is 22.7 Å². The molecule has 182 valence electrons. The summed E-state index contributed by atoms with van der Waals surface area (Å²) in [6, 6.07) is 7.78. The molecule has 13 heteroatoms. The van der Waals surface area contributed by atoms with E-state index in [0.717, 1.165) is 28.9 Å². The van der Waals surface area contributed by atoms with E-state index >= 15 is 0 Å². The highest BCUT2D eigenvalue weighted by molar-refractivity contribution is 7.89. The van der Waals surface area contributed by atoms with Gasteiger partial charge >= 0.3 is 6.18 Å². The highest BCUT2D eigenvalue weighted by Gasteiger charge is 2.40. The number of nitrogens with zero attached hydrogens (tertiary/aromatic N) is 2. The van der Waals surface area contributed by atoms with Gasteiger partial charge in [-0.15, -0.1) is 0 Å². The maximum absolute atomic E-state index is 13.7. The molecular formula is C21H19F5N4O3S. The number of primary sulfonamides is 1. The Morgan fingerprint density at radius 1 is 1.21 bits per heavy atom. The molecule has 7 nitrogen and oxygen atoms in total. The Bertz CT molecular complexity index is 1370. The first kappa shape index (κ1) is 24.1. The fourth-order valence-corrected chi connectivity index (χ4v) is 4.62. The number of hydrogen-bond donors (Lipinski definition) is 2. The van der Waals surface area contributed by atoms with Gasteiger partial charge in [-0.2, -0.15) is 18.3 Å². The van der Waals surface area contributed by atoms with Crippen LogP contribution in [0.2, 0.25) is 0 Å². The summed E-state index contributed by atoms with van der Waals surface area (Å²) in [5.74, 6) is -4.17. The molecule has 1 aliphatic rings. The first-order chi connectivity index (χ1) is 15.7. The number of carbonyl (C=O) groups is 1. The summed E-state index contributed by atoms with van der Waals surface area (Å²) < 4.78 is 91.1. The number of nitrogens with one attached hydrogen (secondary N) is 1. The molecule has 1 saturated carbocycles. The van der Waals surface area contributed by atoms with Crippen LogP contribution in [0.15, 0.2) is 47.4 Å². The lowest BCUT2D eigenvalue weighted by Crippen LogP contribution is -2.21. The number of benzene rings is 2. The minimum atomic E-state index is -4.64. The van der Waals surface area contributed by atoms with Crippen molar-refractivity contribution in [2.75, 3.05) is 5.32 Å². The van der Waals surface area contributed by atoms with Crippen molar-refractivity contribution in [2.45, 2.75) is 42.8 Å². The molecule has 4 rings (SSSR count). The molecule has 1 amide bonds. The van der Waals surface area contributed by atoms with Crippen molar-refractivity contribution in [2.24, 2.45) is 11.1 Å². The third kappa shape index (κ3) is 5.04. The second kappa shape index (κ2) is 8.31. The van der Waals surface area contributed by atoms with Crippen LogP contribution in [-0.4, -0.2) is 30.0 Å². The van der Waals surface area contributed by atoms with E-state index in [1.807, 2.05) is 0 Å². The largest absolute Gasteiger partial charge is 0.416 e. The van der Waals surface area contributed by atoms with Gasteiger partial charge in [0.25, 0.3) is 5.91 Å². The maximum atomic E-state index is 13.7. The molecule has 0 saturated heterocycles. The predicted octanol–water partition coefficient (Wildman–Crippen LogP) is 4.39. The predicted molar refractivity (Wildman–Crippen MR) is 113 cm³/mol. The number of aromatic nitrogens is 2. The smallest absolute Gasteiger partial charge is 0.321 e. The quantitative estimate of drug-likeness (QED) is 0.505. The lowest BCUT2D eigenvalue weighted by molar-refractivity contribution is -0.137. The fourth-order valence-electron chi connectivity index (χ4n) is 4.06. The zero-order chi connectivity index (χ0) is 24.9. The Kier molecular flexibility index (Phi) is 5.88. The van der Waals surface area contributed by atoms with Crippen LogP contribution < -0.4 is 10.5 Å². The monoisotopic (exact) mass is 502 g/mol. The van der Waals surface area contributed by atoms with Gasteiger partial charge in [-0.25, -0.2) is 22.3 Å². The number of nitrogens with two attached hydrogens (primary N) is 1. The summed E-state index contributed by atoms with van der Waals surface area (Å²) in [6.07, 6.45) is -5.20. The topological polar surface area (TPSA) is 107 Å². The normalized spacial score (nSPS) is 18.4. The molecule has 34 heavy (non-hydrogen) atoms.